The molecule has 0 spiro atoms. The van der Waals surface area contributed by atoms with Crippen molar-refractivity contribution in [3.05, 3.63) is 181 Å². The minimum Gasteiger partial charge on any atom is -0.454 e. The predicted molar refractivity (Wildman–Crippen MR) is 234 cm³/mol. The third-order valence-corrected chi connectivity index (χ3v) is 11.8. The molecule has 56 heavy (non-hydrogen) atoms. The fourth-order valence-electron chi connectivity index (χ4n) is 9.20. The van der Waals surface area contributed by atoms with Gasteiger partial charge in [0, 0.05) is 38.1 Å². The summed E-state index contributed by atoms with van der Waals surface area (Å²) in [4.78, 5) is 5.61. The summed E-state index contributed by atoms with van der Waals surface area (Å²) in [5, 5.41) is 8.26. The Morgan fingerprint density at radius 3 is 2.14 bits per heavy atom. The predicted octanol–water partition coefficient (Wildman–Crippen LogP) is 14.3. The van der Waals surface area contributed by atoms with E-state index in [-0.39, 0.29) is 0 Å². The third-order valence-electron chi connectivity index (χ3n) is 11.8. The summed E-state index contributed by atoms with van der Waals surface area (Å²) >= 11 is 0. The molecule has 3 heterocycles. The van der Waals surface area contributed by atoms with Crippen molar-refractivity contribution in [3.8, 4) is 11.1 Å². The van der Waals surface area contributed by atoms with E-state index >= 15 is 0 Å². The van der Waals surface area contributed by atoms with Crippen LogP contribution in [0.1, 0.15) is 35.1 Å². The van der Waals surface area contributed by atoms with Crippen LogP contribution in [0.15, 0.2) is 172 Å². The molecule has 0 bridgehead atoms. The minimum atomic E-state index is 0.575. The first-order valence-corrected chi connectivity index (χ1v) is 19.5. The van der Waals surface area contributed by atoms with Crippen LogP contribution in [0.3, 0.4) is 0 Å². The van der Waals surface area contributed by atoms with Crippen molar-refractivity contribution < 1.29 is 8.83 Å². The summed E-state index contributed by atoms with van der Waals surface area (Å²) in [6.07, 6.45) is 8.30. The lowest BCUT2D eigenvalue weighted by atomic mass is 9.85. The number of aliphatic imine (C=N–C) groups is 1. The van der Waals surface area contributed by atoms with Crippen molar-refractivity contribution in [2.24, 2.45) is 4.99 Å². The lowest BCUT2D eigenvalue weighted by molar-refractivity contribution is 0.623. The molecule has 10 aromatic rings. The van der Waals surface area contributed by atoms with Crippen LogP contribution >= 0.6 is 0 Å². The highest BCUT2D eigenvalue weighted by molar-refractivity contribution is 6.34. The van der Waals surface area contributed by atoms with E-state index in [9.17, 15) is 0 Å². The largest absolute Gasteiger partial charge is 0.454 e. The van der Waals surface area contributed by atoms with Crippen LogP contribution in [0.5, 0.6) is 0 Å². The Balaban J connectivity index is 1.31. The summed E-state index contributed by atoms with van der Waals surface area (Å²) in [6.45, 7) is 6.33. The second-order valence-corrected chi connectivity index (χ2v) is 15.0. The van der Waals surface area contributed by atoms with Gasteiger partial charge in [-0.3, -0.25) is 4.57 Å². The summed E-state index contributed by atoms with van der Waals surface area (Å²) in [7, 11) is 0. The Hall–Kier alpha value is -6.91. The Kier molecular flexibility index (Phi) is 7.46. The van der Waals surface area contributed by atoms with Crippen molar-refractivity contribution in [2.45, 2.75) is 32.6 Å². The number of aryl methyl sites for hydroxylation is 3. The summed E-state index contributed by atoms with van der Waals surface area (Å²) < 4.78 is 16.1. The van der Waals surface area contributed by atoms with E-state index in [0.717, 1.165) is 92.5 Å². The van der Waals surface area contributed by atoms with Crippen molar-refractivity contribution in [2.75, 3.05) is 0 Å². The topological polar surface area (TPSA) is 43.6 Å². The molecule has 0 saturated heterocycles. The highest BCUT2D eigenvalue weighted by Gasteiger charge is 2.30. The molecule has 0 N–H and O–H groups in total. The molecular weight excluding hydrogens is 685 g/mol. The number of allylic oxidation sites excluding steroid dienone is 3. The lowest BCUT2D eigenvalue weighted by Gasteiger charge is -2.20. The van der Waals surface area contributed by atoms with Gasteiger partial charge in [0.1, 0.15) is 17.0 Å². The number of hydrogen-bond donors (Lipinski definition) is 0. The number of furan rings is 2. The first-order chi connectivity index (χ1) is 27.7. The molecule has 0 atom stereocenters. The first kappa shape index (κ1) is 32.5. The zero-order valence-electron chi connectivity index (χ0n) is 31.2. The second kappa shape index (κ2) is 12.9. The minimum absolute atomic E-state index is 0.575. The van der Waals surface area contributed by atoms with Crippen LogP contribution in [0.25, 0.3) is 82.2 Å². The maximum atomic E-state index is 7.17. The number of aromatic nitrogens is 1. The van der Waals surface area contributed by atoms with Gasteiger partial charge < -0.3 is 8.83 Å². The monoisotopic (exact) mass is 722 g/mol. The molecule has 0 saturated carbocycles. The molecule has 7 aromatic carbocycles. The maximum Gasteiger partial charge on any atom is 0.224 e. The van der Waals surface area contributed by atoms with Gasteiger partial charge in [-0.1, -0.05) is 128 Å². The zero-order chi connectivity index (χ0) is 37.3. The Bertz CT molecular complexity index is 3280. The van der Waals surface area contributed by atoms with Crippen LogP contribution in [0, 0.1) is 6.92 Å². The quantitative estimate of drug-likeness (QED) is 0.101. The SMILES string of the molecule is C=C/C=C(/C(=Nc1oc2ccccc2c1C)n1c2ccccc2c2c3c(c4c5cc6ccccc6cc5oc4c21)CCCC3)c1cccc(-c2ccccc2)c1. The average molecular weight is 723 g/mol. The highest BCUT2D eigenvalue weighted by Crippen LogP contribution is 2.47. The molecule has 0 unspecified atom stereocenters. The third kappa shape index (κ3) is 4.95. The van der Waals surface area contributed by atoms with Crippen molar-refractivity contribution in [1.82, 2.24) is 4.57 Å². The standard InChI is InChI=1S/C52H38N2O2/c1-3-16-39(37-22-15-21-34(29-37)33-17-5-4-6-18-33)51(53-52-32(2)38-23-12-14-28-45(38)56-52)54-44-27-13-11-26-42(44)47-40-24-9-10-25-41(40)48-43-30-35-19-7-8-20-36(35)31-46(43)55-50(48)49(47)54/h3-8,11-23,26-31H,1,9-10,24-25H2,2H3/b39-16+,53-51?. The number of hydrogen-bond acceptors (Lipinski definition) is 3. The second-order valence-electron chi connectivity index (χ2n) is 15.0. The molecule has 1 aliphatic carbocycles. The van der Waals surface area contributed by atoms with E-state index in [1.807, 2.05) is 18.2 Å². The average Bonchev–Trinajstić information content (AvgIpc) is 3.90. The summed E-state index contributed by atoms with van der Waals surface area (Å²) in [5.41, 5.74) is 12.8. The van der Waals surface area contributed by atoms with Crippen LogP contribution in [-0.2, 0) is 12.8 Å². The molecule has 0 radical (unpaired) electrons. The van der Waals surface area contributed by atoms with E-state index in [4.69, 9.17) is 13.8 Å². The molecule has 0 amide bonds. The molecule has 11 rings (SSSR count). The first-order valence-electron chi connectivity index (χ1n) is 19.5. The molecule has 1 aliphatic rings. The van der Waals surface area contributed by atoms with E-state index in [1.165, 1.54) is 43.4 Å². The van der Waals surface area contributed by atoms with Crippen molar-refractivity contribution in [3.63, 3.8) is 0 Å². The van der Waals surface area contributed by atoms with Gasteiger partial charge in [0.2, 0.25) is 5.88 Å². The van der Waals surface area contributed by atoms with Gasteiger partial charge in [0.05, 0.1) is 11.0 Å². The van der Waals surface area contributed by atoms with E-state index in [1.54, 1.807) is 0 Å². The maximum absolute atomic E-state index is 7.17. The Labute approximate surface area is 324 Å². The number of fused-ring (bicyclic) bond motifs is 12. The molecule has 268 valence electrons. The Morgan fingerprint density at radius 2 is 1.34 bits per heavy atom. The van der Waals surface area contributed by atoms with Crippen LogP contribution in [0.4, 0.5) is 5.88 Å². The van der Waals surface area contributed by atoms with Crippen LogP contribution in [-0.4, -0.2) is 10.4 Å². The highest BCUT2D eigenvalue weighted by atomic mass is 16.3. The van der Waals surface area contributed by atoms with Crippen LogP contribution in [0.2, 0.25) is 0 Å². The van der Waals surface area contributed by atoms with Crippen molar-refractivity contribution >= 4 is 82.8 Å². The van der Waals surface area contributed by atoms with Gasteiger partial charge in [-0.15, -0.1) is 0 Å². The summed E-state index contributed by atoms with van der Waals surface area (Å²) in [5.74, 6) is 1.32. The number of benzene rings is 7. The Morgan fingerprint density at radius 1 is 0.643 bits per heavy atom. The number of nitrogens with zero attached hydrogens (tertiary/aromatic N) is 2. The number of rotatable bonds is 5. The fourth-order valence-corrected chi connectivity index (χ4v) is 9.20. The van der Waals surface area contributed by atoms with Gasteiger partial charge in [0.15, 0.2) is 5.58 Å². The molecular formula is C52H38N2O2. The smallest absolute Gasteiger partial charge is 0.224 e. The van der Waals surface area contributed by atoms with E-state index in [0.29, 0.717) is 5.88 Å². The normalized spacial score (nSPS) is 13.8. The van der Waals surface area contributed by atoms with Gasteiger partial charge in [-0.05, 0) is 102 Å². The van der Waals surface area contributed by atoms with Crippen LogP contribution < -0.4 is 0 Å². The molecule has 4 heteroatoms. The summed E-state index contributed by atoms with van der Waals surface area (Å²) in [6, 6.07) is 49.3. The van der Waals surface area contributed by atoms with Gasteiger partial charge in [-0.25, -0.2) is 0 Å². The van der Waals surface area contributed by atoms with Crippen molar-refractivity contribution in [1.29, 1.82) is 0 Å². The molecule has 4 nitrogen and oxygen atoms in total. The molecule has 0 aliphatic heterocycles. The zero-order valence-corrected chi connectivity index (χ0v) is 31.2. The molecule has 3 aromatic heterocycles. The van der Waals surface area contributed by atoms with Gasteiger partial charge >= 0.3 is 0 Å². The molecule has 0 fully saturated rings. The van der Waals surface area contributed by atoms with E-state index < -0.39 is 0 Å². The lowest BCUT2D eigenvalue weighted by Crippen LogP contribution is -2.15. The van der Waals surface area contributed by atoms with Gasteiger partial charge in [-0.2, -0.15) is 4.99 Å². The van der Waals surface area contributed by atoms with E-state index in [2.05, 4.69) is 152 Å². The number of para-hydroxylation sites is 2. The van der Waals surface area contributed by atoms with Gasteiger partial charge in [0.25, 0.3) is 0 Å². The fraction of sp³-hybridized carbons (Fsp3) is 0.0962.